The van der Waals surface area contributed by atoms with Gasteiger partial charge in [0.05, 0.1) is 30.6 Å². The Kier molecular flexibility index (Phi) is 4.45. The van der Waals surface area contributed by atoms with Crippen LogP contribution in [0.2, 0.25) is 0 Å². The minimum Gasteiger partial charge on any atom is -0.472 e. The first-order valence-corrected chi connectivity index (χ1v) is 8.69. The van der Waals surface area contributed by atoms with Crippen molar-refractivity contribution < 1.29 is 14.0 Å². The van der Waals surface area contributed by atoms with E-state index in [-0.39, 0.29) is 18.4 Å². The molecule has 1 atom stereocenters. The Morgan fingerprint density at radius 3 is 2.85 bits per heavy atom. The molecule has 0 spiro atoms. The van der Waals surface area contributed by atoms with Crippen molar-refractivity contribution in [1.29, 1.82) is 0 Å². The minimum absolute atomic E-state index is 0.00485. The van der Waals surface area contributed by atoms with E-state index in [4.69, 9.17) is 4.42 Å². The Bertz CT molecular complexity index is 949. The van der Waals surface area contributed by atoms with Crippen LogP contribution in [0.5, 0.6) is 0 Å². The topological polar surface area (TPSA) is 93.3 Å². The van der Waals surface area contributed by atoms with Gasteiger partial charge in [-0.1, -0.05) is 35.5 Å². The number of carbonyl (C=O) groups is 2. The van der Waals surface area contributed by atoms with Crippen LogP contribution in [0, 0.1) is 0 Å². The molecule has 3 heterocycles. The molecule has 1 N–H and O–H groups in total. The molecule has 2 aromatic heterocycles. The third-order valence-electron chi connectivity index (χ3n) is 4.66. The summed E-state index contributed by atoms with van der Waals surface area (Å²) in [5.74, 6) is -0.239. The normalized spacial score (nSPS) is 16.3. The Hall–Kier alpha value is -3.42. The summed E-state index contributed by atoms with van der Waals surface area (Å²) in [7, 11) is 0. The summed E-state index contributed by atoms with van der Waals surface area (Å²) in [6, 6.07) is 11.0. The van der Waals surface area contributed by atoms with Crippen molar-refractivity contribution in [2.75, 3.05) is 0 Å². The molecule has 0 saturated carbocycles. The van der Waals surface area contributed by atoms with E-state index in [0.717, 1.165) is 11.3 Å². The van der Waals surface area contributed by atoms with Crippen molar-refractivity contribution >= 4 is 11.8 Å². The van der Waals surface area contributed by atoms with E-state index in [1.807, 2.05) is 37.3 Å². The standard InChI is InChI=1S/C19H19N5O3/c1-13-19(26)23(10-14-5-3-2-4-6-14)11-17-16(21-22-24(13)17)9-20-18(25)15-7-8-27-12-15/h2-8,12-13H,9-11H2,1H3,(H,20,25). The average molecular weight is 365 g/mol. The molecule has 1 aromatic carbocycles. The van der Waals surface area contributed by atoms with Gasteiger partial charge in [0.2, 0.25) is 5.91 Å². The molecule has 2 amide bonds. The molecule has 0 fully saturated rings. The summed E-state index contributed by atoms with van der Waals surface area (Å²) in [4.78, 5) is 26.6. The number of benzene rings is 1. The molecule has 0 bridgehead atoms. The summed E-state index contributed by atoms with van der Waals surface area (Å²) >= 11 is 0. The number of furan rings is 1. The third-order valence-corrected chi connectivity index (χ3v) is 4.66. The van der Waals surface area contributed by atoms with Crippen molar-refractivity contribution in [2.45, 2.75) is 32.6 Å². The van der Waals surface area contributed by atoms with Crippen molar-refractivity contribution in [3.8, 4) is 0 Å². The monoisotopic (exact) mass is 365 g/mol. The van der Waals surface area contributed by atoms with Crippen LogP contribution in [0.25, 0.3) is 0 Å². The molecule has 1 aliphatic rings. The highest BCUT2D eigenvalue weighted by atomic mass is 16.3. The number of nitrogens with zero attached hydrogens (tertiary/aromatic N) is 4. The lowest BCUT2D eigenvalue weighted by Crippen LogP contribution is -2.41. The quantitative estimate of drug-likeness (QED) is 0.745. The molecular formula is C19H19N5O3. The maximum absolute atomic E-state index is 12.7. The number of hydrogen-bond donors (Lipinski definition) is 1. The van der Waals surface area contributed by atoms with Gasteiger partial charge < -0.3 is 14.6 Å². The fourth-order valence-corrected chi connectivity index (χ4v) is 3.18. The molecular weight excluding hydrogens is 346 g/mol. The summed E-state index contributed by atoms with van der Waals surface area (Å²) < 4.78 is 6.56. The largest absolute Gasteiger partial charge is 0.472 e. The summed E-state index contributed by atoms with van der Waals surface area (Å²) in [6.07, 6.45) is 2.84. The summed E-state index contributed by atoms with van der Waals surface area (Å²) in [5.41, 5.74) is 3.01. The predicted octanol–water partition coefficient (Wildman–Crippen LogP) is 1.90. The number of rotatable bonds is 5. The van der Waals surface area contributed by atoms with Gasteiger partial charge in [0, 0.05) is 6.54 Å². The molecule has 4 rings (SSSR count). The van der Waals surface area contributed by atoms with Crippen molar-refractivity contribution in [3.05, 3.63) is 71.4 Å². The zero-order chi connectivity index (χ0) is 18.8. The second-order valence-electron chi connectivity index (χ2n) is 6.48. The molecule has 138 valence electrons. The lowest BCUT2D eigenvalue weighted by molar-refractivity contribution is -0.138. The number of carbonyl (C=O) groups excluding carboxylic acids is 2. The van der Waals surface area contributed by atoms with E-state index >= 15 is 0 Å². The van der Waals surface area contributed by atoms with Gasteiger partial charge >= 0.3 is 0 Å². The molecule has 8 heteroatoms. The second kappa shape index (κ2) is 7.06. The molecule has 0 radical (unpaired) electrons. The first-order valence-electron chi connectivity index (χ1n) is 8.69. The lowest BCUT2D eigenvalue weighted by Gasteiger charge is -2.31. The zero-order valence-electron chi connectivity index (χ0n) is 14.8. The van der Waals surface area contributed by atoms with Crippen molar-refractivity contribution in [1.82, 2.24) is 25.2 Å². The van der Waals surface area contributed by atoms with Crippen LogP contribution in [0.4, 0.5) is 0 Å². The first-order chi connectivity index (χ1) is 13.1. The van der Waals surface area contributed by atoms with E-state index in [9.17, 15) is 9.59 Å². The predicted molar refractivity (Wildman–Crippen MR) is 95.3 cm³/mol. The Labute approximate surface area is 155 Å². The molecule has 1 unspecified atom stereocenters. The molecule has 8 nitrogen and oxygen atoms in total. The SMILES string of the molecule is CC1C(=O)N(Cc2ccccc2)Cc2c(CNC(=O)c3ccoc3)nnn21. The fraction of sp³-hybridized carbons (Fsp3) is 0.263. The van der Waals surface area contributed by atoms with Gasteiger partial charge in [-0.25, -0.2) is 4.68 Å². The summed E-state index contributed by atoms with van der Waals surface area (Å²) in [5, 5.41) is 11.1. The van der Waals surface area contributed by atoms with Gasteiger partial charge in [0.15, 0.2) is 0 Å². The van der Waals surface area contributed by atoms with Crippen LogP contribution in [-0.4, -0.2) is 31.7 Å². The summed E-state index contributed by atoms with van der Waals surface area (Å²) in [6.45, 7) is 2.98. The highest BCUT2D eigenvalue weighted by Gasteiger charge is 2.33. The van der Waals surface area contributed by atoms with Gasteiger partial charge in [0.1, 0.15) is 18.0 Å². The molecule has 3 aromatic rings. The van der Waals surface area contributed by atoms with Crippen LogP contribution in [-0.2, 0) is 24.4 Å². The maximum Gasteiger partial charge on any atom is 0.254 e. The number of amides is 2. The molecule has 0 aliphatic carbocycles. The van der Waals surface area contributed by atoms with Gasteiger partial charge in [-0.15, -0.1) is 5.10 Å². The van der Waals surface area contributed by atoms with E-state index in [2.05, 4.69) is 15.6 Å². The molecule has 1 aliphatic heterocycles. The van der Waals surface area contributed by atoms with Gasteiger partial charge in [0.25, 0.3) is 5.91 Å². The van der Waals surface area contributed by atoms with Crippen LogP contribution < -0.4 is 5.32 Å². The number of hydrogen-bond acceptors (Lipinski definition) is 5. The highest BCUT2D eigenvalue weighted by Crippen LogP contribution is 2.24. The zero-order valence-corrected chi connectivity index (χ0v) is 14.8. The Morgan fingerprint density at radius 1 is 1.30 bits per heavy atom. The van der Waals surface area contributed by atoms with Crippen LogP contribution in [0.3, 0.4) is 0 Å². The van der Waals surface area contributed by atoms with E-state index in [0.29, 0.717) is 24.3 Å². The third kappa shape index (κ3) is 3.33. The van der Waals surface area contributed by atoms with Crippen molar-refractivity contribution in [3.63, 3.8) is 0 Å². The van der Waals surface area contributed by atoms with E-state index in [1.54, 1.807) is 15.6 Å². The smallest absolute Gasteiger partial charge is 0.254 e. The number of nitrogens with one attached hydrogen (secondary N) is 1. The lowest BCUT2D eigenvalue weighted by atomic mass is 10.1. The number of aromatic nitrogens is 3. The van der Waals surface area contributed by atoms with Gasteiger partial charge in [-0.2, -0.15) is 0 Å². The fourth-order valence-electron chi connectivity index (χ4n) is 3.18. The molecule has 27 heavy (non-hydrogen) atoms. The average Bonchev–Trinajstić information content (AvgIpc) is 3.35. The van der Waals surface area contributed by atoms with Crippen LogP contribution >= 0.6 is 0 Å². The second-order valence-corrected chi connectivity index (χ2v) is 6.48. The number of fused-ring (bicyclic) bond motifs is 1. The Morgan fingerprint density at radius 2 is 2.11 bits per heavy atom. The van der Waals surface area contributed by atoms with Crippen LogP contribution in [0.1, 0.15) is 40.3 Å². The van der Waals surface area contributed by atoms with Gasteiger partial charge in [-0.05, 0) is 18.6 Å². The maximum atomic E-state index is 12.7. The Balaban J connectivity index is 1.51. The van der Waals surface area contributed by atoms with Crippen molar-refractivity contribution in [2.24, 2.45) is 0 Å². The highest BCUT2D eigenvalue weighted by molar-refractivity contribution is 5.93. The van der Waals surface area contributed by atoms with Crippen LogP contribution in [0.15, 0.2) is 53.3 Å². The molecule has 0 saturated heterocycles. The first kappa shape index (κ1) is 17.0. The minimum atomic E-state index is -0.428. The van der Waals surface area contributed by atoms with Gasteiger partial charge in [-0.3, -0.25) is 9.59 Å². The van der Waals surface area contributed by atoms with E-state index < -0.39 is 6.04 Å². The van der Waals surface area contributed by atoms with E-state index in [1.165, 1.54) is 12.5 Å².